The van der Waals surface area contributed by atoms with E-state index in [1.165, 1.54) is 0 Å². The number of methoxy groups -OCH3 is 1. The average Bonchev–Trinajstić information content (AvgIpc) is 3.05. The fourth-order valence-electron chi connectivity index (χ4n) is 2.39. The summed E-state index contributed by atoms with van der Waals surface area (Å²) in [4.78, 5) is 4.60. The Bertz CT molecular complexity index is 861. The molecule has 0 aliphatic carbocycles. The van der Waals surface area contributed by atoms with Gasteiger partial charge < -0.3 is 38.6 Å². The van der Waals surface area contributed by atoms with Crippen LogP contribution in [0.25, 0.3) is 26.1 Å². The van der Waals surface area contributed by atoms with E-state index in [-0.39, 0.29) is 31.6 Å². The van der Waals surface area contributed by atoms with Gasteiger partial charge in [0.15, 0.2) is 0 Å². The molecular formula is C18H18N3O3ReS2-5. The first-order valence-electron chi connectivity index (χ1n) is 7.93. The van der Waals surface area contributed by atoms with Crippen LogP contribution in [0, 0.1) is 0 Å². The molecule has 0 atom stereocenters. The van der Waals surface area contributed by atoms with Crippen LogP contribution in [0.15, 0.2) is 36.4 Å². The quantitative estimate of drug-likeness (QED) is 0.329. The molecule has 0 spiro atoms. The smallest absolute Gasteiger partial charge is 0.124 e. The van der Waals surface area contributed by atoms with E-state index < -0.39 is 0 Å². The summed E-state index contributed by atoms with van der Waals surface area (Å²) in [5.74, 6) is 1.39. The summed E-state index contributed by atoms with van der Waals surface area (Å²) in [5, 5.41) is 20.6. The van der Waals surface area contributed by atoms with E-state index >= 15 is 0 Å². The van der Waals surface area contributed by atoms with Gasteiger partial charge in [-0.25, -0.2) is 4.98 Å². The van der Waals surface area contributed by atoms with Crippen molar-refractivity contribution >= 4 is 39.9 Å². The fourth-order valence-corrected chi connectivity index (χ4v) is 3.52. The monoisotopic (exact) mass is 575 g/mol. The minimum Gasteiger partial charge on any atom is -2.00 e. The van der Waals surface area contributed by atoms with Gasteiger partial charge in [-0.3, -0.25) is 0 Å². The largest absolute Gasteiger partial charge is 2.00 e. The average molecular weight is 575 g/mol. The molecule has 0 saturated carbocycles. The molecule has 1 N–H and O–H groups in total. The van der Waals surface area contributed by atoms with Gasteiger partial charge in [-0.2, -0.15) is 5.75 Å². The number of ether oxygens (including phenoxy) is 1. The van der Waals surface area contributed by atoms with E-state index in [4.69, 9.17) is 17.4 Å². The Morgan fingerprint density at radius 2 is 2.04 bits per heavy atom. The summed E-state index contributed by atoms with van der Waals surface area (Å²) in [7, 11) is 1.64. The molecule has 9 heteroatoms. The number of aromatic nitrogens is 1. The molecule has 0 aliphatic rings. The van der Waals surface area contributed by atoms with Crippen LogP contribution in [0.4, 0.5) is 5.69 Å². The molecule has 0 aliphatic heterocycles. The SMILES string of the molecule is COc1ccc2nc(-c3ccc([N-]CCNCC[S-])c([O-])c3)sc2c1.[O-2].[Re]. The first-order valence-corrected chi connectivity index (χ1v) is 9.33. The second-order valence-corrected chi connectivity index (χ2v) is 6.81. The molecular weight excluding hydrogens is 557 g/mol. The number of fused-ring (bicyclic) bond motifs is 1. The van der Waals surface area contributed by atoms with E-state index in [0.29, 0.717) is 18.0 Å². The molecule has 0 fully saturated rings. The minimum atomic E-state index is -0.0856. The van der Waals surface area contributed by atoms with Crippen LogP contribution in [-0.2, 0) is 38.5 Å². The van der Waals surface area contributed by atoms with Crippen LogP contribution >= 0.6 is 11.3 Å². The van der Waals surface area contributed by atoms with Crippen molar-refractivity contribution < 1.29 is 35.7 Å². The predicted octanol–water partition coefficient (Wildman–Crippen LogP) is 3.07. The topological polar surface area (TPSA) is 99.8 Å². The third-order valence-electron chi connectivity index (χ3n) is 3.65. The van der Waals surface area contributed by atoms with Crippen molar-refractivity contribution in [2.45, 2.75) is 0 Å². The third kappa shape index (κ3) is 6.07. The van der Waals surface area contributed by atoms with Crippen molar-refractivity contribution in [3.8, 4) is 22.1 Å². The molecule has 0 bridgehead atoms. The molecule has 6 nitrogen and oxygen atoms in total. The molecule has 3 aromatic rings. The summed E-state index contributed by atoms with van der Waals surface area (Å²) in [5.41, 5.74) is 2.19. The maximum Gasteiger partial charge on any atom is 0.124 e. The third-order valence-corrected chi connectivity index (χ3v) is 4.92. The second-order valence-electron chi connectivity index (χ2n) is 5.37. The number of thiazole rings is 1. The van der Waals surface area contributed by atoms with Crippen LogP contribution in [0.2, 0.25) is 0 Å². The van der Waals surface area contributed by atoms with E-state index in [1.54, 1.807) is 30.6 Å². The zero-order valence-corrected chi connectivity index (χ0v) is 19.0. The molecule has 2 aromatic carbocycles. The van der Waals surface area contributed by atoms with Gasteiger partial charge in [-0.1, -0.05) is 18.2 Å². The zero-order chi connectivity index (χ0) is 17.6. The van der Waals surface area contributed by atoms with Crippen molar-refractivity contribution in [2.24, 2.45) is 0 Å². The summed E-state index contributed by atoms with van der Waals surface area (Å²) in [6, 6.07) is 11.0. The maximum absolute atomic E-state index is 12.3. The van der Waals surface area contributed by atoms with Gasteiger partial charge >= 0.3 is 0 Å². The van der Waals surface area contributed by atoms with Crippen LogP contribution in [-0.4, -0.2) is 37.5 Å². The summed E-state index contributed by atoms with van der Waals surface area (Å²) >= 11 is 6.40. The number of rotatable bonds is 8. The van der Waals surface area contributed by atoms with Gasteiger partial charge in [0.05, 0.1) is 17.3 Å². The Morgan fingerprint density at radius 1 is 1.22 bits per heavy atom. The van der Waals surface area contributed by atoms with Crippen LogP contribution in [0.1, 0.15) is 0 Å². The van der Waals surface area contributed by atoms with Crippen LogP contribution in [0.5, 0.6) is 11.5 Å². The van der Waals surface area contributed by atoms with E-state index in [2.05, 4.69) is 15.6 Å². The molecule has 27 heavy (non-hydrogen) atoms. The first kappa shape index (κ1) is 23.7. The van der Waals surface area contributed by atoms with Gasteiger partial charge in [0.1, 0.15) is 10.8 Å². The van der Waals surface area contributed by atoms with E-state index in [0.717, 1.165) is 39.6 Å². The maximum atomic E-state index is 12.3. The number of nitrogens with one attached hydrogen (secondary N) is 1. The van der Waals surface area contributed by atoms with Gasteiger partial charge in [0.2, 0.25) is 0 Å². The van der Waals surface area contributed by atoms with Crippen molar-refractivity contribution in [1.82, 2.24) is 10.3 Å². The van der Waals surface area contributed by atoms with Crippen LogP contribution < -0.4 is 15.2 Å². The first-order chi connectivity index (χ1) is 12.2. The molecule has 3 rings (SSSR count). The summed E-state index contributed by atoms with van der Waals surface area (Å²) in [6.45, 7) is 2.07. The molecule has 1 heterocycles. The molecule has 1 radical (unpaired) electrons. The van der Waals surface area contributed by atoms with Crippen molar-refractivity contribution in [3.05, 3.63) is 41.7 Å². The summed E-state index contributed by atoms with van der Waals surface area (Å²) < 4.78 is 6.27. The number of hydrogen-bond acceptors (Lipinski definition) is 6. The zero-order valence-electron chi connectivity index (χ0n) is 14.6. The molecule has 0 amide bonds. The number of nitrogens with zero attached hydrogens (tertiary/aromatic N) is 2. The van der Waals surface area contributed by atoms with Crippen molar-refractivity contribution in [1.29, 1.82) is 0 Å². The van der Waals surface area contributed by atoms with Crippen molar-refractivity contribution in [3.63, 3.8) is 0 Å². The van der Waals surface area contributed by atoms with Crippen LogP contribution in [0.3, 0.4) is 0 Å². The minimum absolute atomic E-state index is 0. The van der Waals surface area contributed by atoms with Crippen molar-refractivity contribution in [2.75, 3.05) is 32.5 Å². The Hall–Kier alpha value is -1.34. The second kappa shape index (κ2) is 11.5. The van der Waals surface area contributed by atoms with Gasteiger partial charge in [-0.15, -0.1) is 29.3 Å². The molecule has 0 unspecified atom stereocenters. The van der Waals surface area contributed by atoms with Gasteiger partial charge in [-0.05, 0) is 31.3 Å². The Balaban J connectivity index is 0.00000182. The van der Waals surface area contributed by atoms with E-state index in [9.17, 15) is 5.11 Å². The normalized spacial score (nSPS) is 10.1. The summed E-state index contributed by atoms with van der Waals surface area (Å²) in [6.07, 6.45) is 0. The molecule has 147 valence electrons. The van der Waals surface area contributed by atoms with Gasteiger partial charge in [0, 0.05) is 26.0 Å². The van der Waals surface area contributed by atoms with Gasteiger partial charge in [0.25, 0.3) is 0 Å². The fraction of sp³-hybridized carbons (Fsp3) is 0.278. The Labute approximate surface area is 181 Å². The Kier molecular flexibility index (Phi) is 10.1. The number of benzene rings is 2. The molecule has 0 saturated heterocycles. The molecule has 1 aromatic heterocycles. The standard InChI is InChI=1S/C18H20N3O2S2.O.Re/c1-23-13-3-5-15-17(11-13)25-18(21-15)12-2-4-14(16(22)10-12)20-7-6-19-8-9-24;;/h2-5,10-11,19H,6-9H2,1H3,(H2-,20,21,22,24);;/q-1;-2;/p-2. The number of hydrogen-bond donors (Lipinski definition) is 1. The van der Waals surface area contributed by atoms with E-state index in [1.807, 2.05) is 24.3 Å². The Morgan fingerprint density at radius 3 is 2.74 bits per heavy atom. The predicted molar refractivity (Wildman–Crippen MR) is 105 cm³/mol.